The highest BCUT2D eigenvalue weighted by Crippen LogP contribution is 2.35. The maximum absolute atomic E-state index is 13.5. The number of rotatable bonds is 4. The van der Waals surface area contributed by atoms with Crippen molar-refractivity contribution >= 4 is 39.6 Å². The number of halogens is 3. The van der Waals surface area contributed by atoms with E-state index >= 15 is 0 Å². The van der Waals surface area contributed by atoms with Crippen molar-refractivity contribution in [1.29, 1.82) is 0 Å². The second-order valence-corrected chi connectivity index (χ2v) is 5.27. The summed E-state index contributed by atoms with van der Waals surface area (Å²) in [6.07, 6.45) is 2.40. The number of aliphatic carboxylic acids is 1. The van der Waals surface area contributed by atoms with E-state index in [-0.39, 0.29) is 10.8 Å². The molecule has 0 atom stereocenters. The van der Waals surface area contributed by atoms with E-state index in [9.17, 15) is 9.18 Å². The minimum atomic E-state index is -1.07. The van der Waals surface area contributed by atoms with Gasteiger partial charge >= 0.3 is 5.97 Å². The van der Waals surface area contributed by atoms with Crippen molar-refractivity contribution in [3.05, 3.63) is 63.4 Å². The van der Waals surface area contributed by atoms with E-state index in [1.54, 1.807) is 24.3 Å². The number of hydrogen-bond donors (Lipinski definition) is 1. The van der Waals surface area contributed by atoms with E-state index in [0.717, 1.165) is 12.1 Å². The Labute approximate surface area is 133 Å². The third-order valence-electron chi connectivity index (χ3n) is 2.52. The molecule has 21 heavy (non-hydrogen) atoms. The topological polar surface area (TPSA) is 46.5 Å². The zero-order valence-corrected chi connectivity index (χ0v) is 12.9. The van der Waals surface area contributed by atoms with Crippen LogP contribution < -0.4 is 4.74 Å². The van der Waals surface area contributed by atoms with E-state index in [2.05, 4.69) is 15.9 Å². The molecule has 0 heterocycles. The van der Waals surface area contributed by atoms with Gasteiger partial charge in [0.05, 0.1) is 9.50 Å². The summed E-state index contributed by atoms with van der Waals surface area (Å²) in [7, 11) is 0. The molecule has 0 aromatic heterocycles. The molecule has 2 rings (SSSR count). The monoisotopic (exact) mass is 370 g/mol. The van der Waals surface area contributed by atoms with Gasteiger partial charge in [-0.15, -0.1) is 0 Å². The molecule has 0 unspecified atom stereocenters. The second kappa shape index (κ2) is 6.74. The van der Waals surface area contributed by atoms with Crippen LogP contribution in [0.1, 0.15) is 5.56 Å². The Kier molecular flexibility index (Phi) is 4.98. The van der Waals surface area contributed by atoms with Crippen LogP contribution in [0.15, 0.2) is 46.9 Å². The van der Waals surface area contributed by atoms with Crippen LogP contribution in [0, 0.1) is 5.82 Å². The number of carboxylic acids is 1. The quantitative estimate of drug-likeness (QED) is 0.598. The lowest BCUT2D eigenvalue weighted by atomic mass is 10.2. The Morgan fingerprint density at radius 1 is 1.29 bits per heavy atom. The molecule has 0 aliphatic heterocycles. The van der Waals surface area contributed by atoms with Crippen molar-refractivity contribution in [1.82, 2.24) is 0 Å². The Hall–Kier alpha value is -1.85. The molecule has 1 N–H and O–H groups in total. The molecule has 108 valence electrons. The van der Waals surface area contributed by atoms with E-state index in [0.29, 0.717) is 15.8 Å². The van der Waals surface area contributed by atoms with Crippen molar-refractivity contribution in [3.8, 4) is 11.5 Å². The van der Waals surface area contributed by atoms with Gasteiger partial charge in [-0.25, -0.2) is 9.18 Å². The standard InChI is InChI=1S/C15H9BrClFO3/c16-10-7-11(17)12(18)8-14(10)21-13-4-2-1-3-9(13)5-6-15(19)20/h1-8H,(H,19,20)/b6-5+. The smallest absolute Gasteiger partial charge is 0.328 e. The zero-order valence-electron chi connectivity index (χ0n) is 10.5. The van der Waals surface area contributed by atoms with Gasteiger partial charge in [-0.1, -0.05) is 29.8 Å². The van der Waals surface area contributed by atoms with Crippen LogP contribution in [0.5, 0.6) is 11.5 Å². The zero-order chi connectivity index (χ0) is 15.4. The van der Waals surface area contributed by atoms with Crippen LogP contribution in [0.25, 0.3) is 6.08 Å². The summed E-state index contributed by atoms with van der Waals surface area (Å²) in [5, 5.41) is 8.65. The highest BCUT2D eigenvalue weighted by molar-refractivity contribution is 9.10. The van der Waals surface area contributed by atoms with E-state index < -0.39 is 11.8 Å². The Morgan fingerprint density at radius 2 is 2.00 bits per heavy atom. The molecule has 0 fully saturated rings. The first-order valence-corrected chi connectivity index (χ1v) is 6.97. The molecule has 0 saturated carbocycles. The molecule has 0 saturated heterocycles. The van der Waals surface area contributed by atoms with E-state index in [1.165, 1.54) is 12.1 Å². The summed E-state index contributed by atoms with van der Waals surface area (Å²) in [5.41, 5.74) is 0.558. The summed E-state index contributed by atoms with van der Waals surface area (Å²) in [5.74, 6) is -1.03. The van der Waals surface area contributed by atoms with Crippen LogP contribution in [-0.4, -0.2) is 11.1 Å². The fourth-order valence-electron chi connectivity index (χ4n) is 1.57. The van der Waals surface area contributed by atoms with Gasteiger partial charge in [-0.2, -0.15) is 0 Å². The average molecular weight is 372 g/mol. The molecule has 0 radical (unpaired) electrons. The SMILES string of the molecule is O=C(O)/C=C/c1ccccc1Oc1cc(F)c(Cl)cc1Br. The Balaban J connectivity index is 2.36. The summed E-state index contributed by atoms with van der Waals surface area (Å²) in [6, 6.07) is 9.36. The first-order chi connectivity index (χ1) is 9.97. The predicted molar refractivity (Wildman–Crippen MR) is 82.3 cm³/mol. The van der Waals surface area contributed by atoms with Crippen LogP contribution >= 0.6 is 27.5 Å². The number of carbonyl (C=O) groups is 1. The van der Waals surface area contributed by atoms with Crippen molar-refractivity contribution in [2.75, 3.05) is 0 Å². The van der Waals surface area contributed by atoms with Gasteiger partial charge in [0.2, 0.25) is 0 Å². The van der Waals surface area contributed by atoms with Gasteiger partial charge in [0.1, 0.15) is 17.3 Å². The number of hydrogen-bond acceptors (Lipinski definition) is 2. The molecule has 0 aliphatic carbocycles. The summed E-state index contributed by atoms with van der Waals surface area (Å²) >= 11 is 8.91. The largest absolute Gasteiger partial charge is 0.478 e. The molecular formula is C15H9BrClFO3. The predicted octanol–water partition coefficient (Wildman–Crippen LogP) is 5.13. The van der Waals surface area contributed by atoms with Gasteiger partial charge in [-0.3, -0.25) is 0 Å². The first-order valence-electron chi connectivity index (χ1n) is 5.80. The minimum Gasteiger partial charge on any atom is -0.478 e. The number of ether oxygens (including phenoxy) is 1. The molecule has 0 bridgehead atoms. The summed E-state index contributed by atoms with van der Waals surface area (Å²) < 4.78 is 19.6. The van der Waals surface area contributed by atoms with Crippen LogP contribution in [-0.2, 0) is 4.79 Å². The van der Waals surface area contributed by atoms with Gasteiger partial charge in [0.25, 0.3) is 0 Å². The molecule has 2 aromatic carbocycles. The lowest BCUT2D eigenvalue weighted by molar-refractivity contribution is -0.131. The third kappa shape index (κ3) is 4.06. The second-order valence-electron chi connectivity index (χ2n) is 4.01. The van der Waals surface area contributed by atoms with Gasteiger partial charge in [-0.05, 0) is 34.1 Å². The Morgan fingerprint density at radius 3 is 2.71 bits per heavy atom. The molecule has 2 aromatic rings. The molecule has 3 nitrogen and oxygen atoms in total. The van der Waals surface area contributed by atoms with E-state index in [1.807, 2.05) is 0 Å². The summed E-state index contributed by atoms with van der Waals surface area (Å²) in [4.78, 5) is 10.6. The fraction of sp³-hybridized carbons (Fsp3) is 0. The number of para-hydroxylation sites is 1. The molecule has 0 aliphatic rings. The van der Waals surface area contributed by atoms with Crippen LogP contribution in [0.3, 0.4) is 0 Å². The van der Waals surface area contributed by atoms with Crippen molar-refractivity contribution in [2.24, 2.45) is 0 Å². The minimum absolute atomic E-state index is 0.0201. The highest BCUT2D eigenvalue weighted by atomic mass is 79.9. The van der Waals surface area contributed by atoms with Crippen molar-refractivity contribution < 1.29 is 19.0 Å². The average Bonchev–Trinajstić information content (AvgIpc) is 2.43. The maximum Gasteiger partial charge on any atom is 0.328 e. The molecule has 0 spiro atoms. The molecule has 6 heteroatoms. The normalized spacial score (nSPS) is 10.8. The van der Waals surface area contributed by atoms with E-state index in [4.69, 9.17) is 21.4 Å². The van der Waals surface area contributed by atoms with Gasteiger partial charge in [0.15, 0.2) is 0 Å². The van der Waals surface area contributed by atoms with Crippen molar-refractivity contribution in [3.63, 3.8) is 0 Å². The molecule has 0 amide bonds. The Bertz CT molecular complexity index is 716. The molecular weight excluding hydrogens is 363 g/mol. The highest BCUT2D eigenvalue weighted by Gasteiger charge is 2.10. The maximum atomic E-state index is 13.5. The number of carboxylic acid groups (broad SMARTS) is 1. The fourth-order valence-corrected chi connectivity index (χ4v) is 2.29. The van der Waals surface area contributed by atoms with Crippen LogP contribution in [0.4, 0.5) is 4.39 Å². The van der Waals surface area contributed by atoms with Crippen LogP contribution in [0.2, 0.25) is 5.02 Å². The van der Waals surface area contributed by atoms with Gasteiger partial charge in [0, 0.05) is 17.7 Å². The van der Waals surface area contributed by atoms with Gasteiger partial charge < -0.3 is 9.84 Å². The lowest BCUT2D eigenvalue weighted by Gasteiger charge is -2.11. The lowest BCUT2D eigenvalue weighted by Crippen LogP contribution is -1.91. The summed E-state index contributed by atoms with van der Waals surface area (Å²) in [6.45, 7) is 0. The number of benzene rings is 2. The first kappa shape index (κ1) is 15.5. The van der Waals surface area contributed by atoms with Crippen molar-refractivity contribution in [2.45, 2.75) is 0 Å². The third-order valence-corrected chi connectivity index (χ3v) is 3.43.